The third kappa shape index (κ3) is 3.28. The van der Waals surface area contributed by atoms with Crippen LogP contribution in [0, 0.1) is 11.8 Å². The molecule has 1 fully saturated rings. The maximum atomic E-state index is 6.25. The zero-order chi connectivity index (χ0) is 15.6. The number of rotatable bonds is 4. The Hall–Kier alpha value is -0.570. The first-order valence-electron chi connectivity index (χ1n) is 8.09. The molecule has 118 valence electrons. The van der Waals surface area contributed by atoms with Crippen molar-refractivity contribution in [3.63, 3.8) is 0 Å². The summed E-state index contributed by atoms with van der Waals surface area (Å²) >= 11 is 6.15. The summed E-state index contributed by atoms with van der Waals surface area (Å²) in [5.74, 6) is 1.44. The highest BCUT2D eigenvalue weighted by Gasteiger charge is 2.43. The van der Waals surface area contributed by atoms with Crippen molar-refractivity contribution in [3.8, 4) is 0 Å². The molecule has 4 unspecified atom stereocenters. The van der Waals surface area contributed by atoms with E-state index >= 15 is 0 Å². The van der Waals surface area contributed by atoms with E-state index in [0.717, 1.165) is 17.5 Å². The third-order valence-electron chi connectivity index (χ3n) is 5.71. The van der Waals surface area contributed by atoms with Crippen LogP contribution in [0.1, 0.15) is 51.6 Å². The summed E-state index contributed by atoms with van der Waals surface area (Å²) < 4.78 is 0. The predicted molar refractivity (Wildman–Crippen MR) is 91.6 cm³/mol. The zero-order valence-electron chi connectivity index (χ0n) is 13.8. The molecule has 2 rings (SSSR count). The molecule has 0 bridgehead atoms. The molecule has 0 amide bonds. The summed E-state index contributed by atoms with van der Waals surface area (Å²) in [7, 11) is 2.23. The van der Waals surface area contributed by atoms with Gasteiger partial charge in [0.2, 0.25) is 0 Å². The molecule has 4 atom stereocenters. The van der Waals surface area contributed by atoms with Crippen molar-refractivity contribution in [1.82, 2.24) is 4.90 Å². The minimum Gasteiger partial charge on any atom is -0.329 e. The second-order valence-corrected chi connectivity index (χ2v) is 7.37. The summed E-state index contributed by atoms with van der Waals surface area (Å²) in [5.41, 5.74) is 7.63. The van der Waals surface area contributed by atoms with Gasteiger partial charge in [-0.1, -0.05) is 37.6 Å². The Kier molecular flexibility index (Phi) is 5.34. The van der Waals surface area contributed by atoms with E-state index in [0.29, 0.717) is 12.0 Å². The molecule has 1 aromatic rings. The fourth-order valence-electron chi connectivity index (χ4n) is 4.03. The van der Waals surface area contributed by atoms with Crippen LogP contribution in [0.25, 0.3) is 0 Å². The first kappa shape index (κ1) is 16.8. The molecule has 0 aliphatic heterocycles. The molecule has 21 heavy (non-hydrogen) atoms. The molecule has 0 aromatic heterocycles. The van der Waals surface area contributed by atoms with Gasteiger partial charge in [0, 0.05) is 23.1 Å². The van der Waals surface area contributed by atoms with Crippen molar-refractivity contribution < 1.29 is 0 Å². The topological polar surface area (TPSA) is 29.3 Å². The van der Waals surface area contributed by atoms with Crippen molar-refractivity contribution in [3.05, 3.63) is 34.9 Å². The predicted octanol–water partition coefficient (Wildman–Crippen LogP) is 4.49. The van der Waals surface area contributed by atoms with E-state index in [4.69, 9.17) is 17.3 Å². The molecule has 2 nitrogen and oxygen atoms in total. The minimum atomic E-state index is 0.105. The SMILES string of the molecule is CC1CCC(CN)(N(C)C(C)c2cccc(Cl)c2)C(C)C1. The lowest BCUT2D eigenvalue weighted by molar-refractivity contribution is -0.00636. The quantitative estimate of drug-likeness (QED) is 0.888. The average Bonchev–Trinajstić information content (AvgIpc) is 2.46. The third-order valence-corrected chi connectivity index (χ3v) is 5.95. The first-order valence-corrected chi connectivity index (χ1v) is 8.47. The summed E-state index contributed by atoms with van der Waals surface area (Å²) in [6.07, 6.45) is 3.73. The Balaban J connectivity index is 2.25. The van der Waals surface area contributed by atoms with E-state index in [9.17, 15) is 0 Å². The van der Waals surface area contributed by atoms with Gasteiger partial charge in [0.25, 0.3) is 0 Å². The lowest BCUT2D eigenvalue weighted by atomic mass is 9.68. The smallest absolute Gasteiger partial charge is 0.0409 e. The molecule has 0 radical (unpaired) electrons. The molecular weight excluding hydrogens is 280 g/mol. The monoisotopic (exact) mass is 308 g/mol. The van der Waals surface area contributed by atoms with Crippen LogP contribution < -0.4 is 5.73 Å². The van der Waals surface area contributed by atoms with Crippen molar-refractivity contribution in [1.29, 1.82) is 0 Å². The standard InChI is InChI=1S/C18H29ClN2/c1-13-8-9-18(12-20,14(2)10-13)21(4)15(3)16-6-5-7-17(19)11-16/h5-7,11,13-15H,8-10,12,20H2,1-4H3. The fourth-order valence-corrected chi connectivity index (χ4v) is 4.23. The van der Waals surface area contributed by atoms with Crippen LogP contribution in [-0.2, 0) is 0 Å². The average molecular weight is 309 g/mol. The molecule has 1 saturated carbocycles. The minimum absolute atomic E-state index is 0.105. The number of halogens is 1. The molecule has 1 aliphatic carbocycles. The molecule has 2 N–H and O–H groups in total. The summed E-state index contributed by atoms with van der Waals surface area (Å²) in [4.78, 5) is 2.50. The van der Waals surface area contributed by atoms with Gasteiger partial charge in [-0.3, -0.25) is 4.90 Å². The van der Waals surface area contributed by atoms with E-state index in [1.54, 1.807) is 0 Å². The second kappa shape index (κ2) is 6.68. The van der Waals surface area contributed by atoms with Crippen LogP contribution in [-0.4, -0.2) is 24.0 Å². The van der Waals surface area contributed by atoms with Gasteiger partial charge in [-0.05, 0) is 62.8 Å². The maximum Gasteiger partial charge on any atom is 0.0409 e. The van der Waals surface area contributed by atoms with Crippen LogP contribution in [0.4, 0.5) is 0 Å². The van der Waals surface area contributed by atoms with Gasteiger partial charge in [0.15, 0.2) is 0 Å². The molecule has 3 heteroatoms. The molecular formula is C18H29ClN2. The van der Waals surface area contributed by atoms with Gasteiger partial charge in [-0.25, -0.2) is 0 Å². The molecule has 1 aromatic carbocycles. The fraction of sp³-hybridized carbons (Fsp3) is 0.667. The number of nitrogens with two attached hydrogens (primary N) is 1. The van der Waals surface area contributed by atoms with Crippen molar-refractivity contribution in [2.75, 3.05) is 13.6 Å². The lowest BCUT2D eigenvalue weighted by Gasteiger charge is -2.52. The number of likely N-dealkylation sites (N-methyl/N-ethyl adjacent to an activating group) is 1. The van der Waals surface area contributed by atoms with Crippen LogP contribution in [0.3, 0.4) is 0 Å². The highest BCUT2D eigenvalue weighted by Crippen LogP contribution is 2.42. The number of hydrogen-bond acceptors (Lipinski definition) is 2. The van der Waals surface area contributed by atoms with Crippen molar-refractivity contribution in [2.45, 2.75) is 51.6 Å². The number of benzene rings is 1. The van der Waals surface area contributed by atoms with Crippen molar-refractivity contribution >= 4 is 11.6 Å². The molecule has 0 saturated heterocycles. The highest BCUT2D eigenvalue weighted by atomic mass is 35.5. The number of hydrogen-bond donors (Lipinski definition) is 1. The van der Waals surface area contributed by atoms with Crippen LogP contribution in [0.15, 0.2) is 24.3 Å². The maximum absolute atomic E-state index is 6.25. The van der Waals surface area contributed by atoms with Crippen LogP contribution in [0.2, 0.25) is 5.02 Å². The molecule has 0 spiro atoms. The van der Waals surface area contributed by atoms with E-state index in [2.05, 4.69) is 44.9 Å². The van der Waals surface area contributed by atoms with E-state index < -0.39 is 0 Å². The zero-order valence-corrected chi connectivity index (χ0v) is 14.5. The van der Waals surface area contributed by atoms with E-state index in [1.807, 2.05) is 12.1 Å². The highest BCUT2D eigenvalue weighted by molar-refractivity contribution is 6.30. The van der Waals surface area contributed by atoms with Gasteiger partial charge in [0.1, 0.15) is 0 Å². The van der Waals surface area contributed by atoms with Crippen molar-refractivity contribution in [2.24, 2.45) is 17.6 Å². The molecule has 0 heterocycles. The van der Waals surface area contributed by atoms with Gasteiger partial charge in [0.05, 0.1) is 0 Å². The Labute approximate surface area is 134 Å². The van der Waals surface area contributed by atoms with Crippen LogP contribution >= 0.6 is 11.6 Å². The largest absolute Gasteiger partial charge is 0.329 e. The van der Waals surface area contributed by atoms with Gasteiger partial charge < -0.3 is 5.73 Å². The van der Waals surface area contributed by atoms with Gasteiger partial charge in [-0.2, -0.15) is 0 Å². The van der Waals surface area contributed by atoms with E-state index in [-0.39, 0.29) is 5.54 Å². The Bertz CT molecular complexity index is 476. The Morgan fingerprint density at radius 1 is 1.43 bits per heavy atom. The number of nitrogens with zero attached hydrogens (tertiary/aromatic N) is 1. The summed E-state index contributed by atoms with van der Waals surface area (Å²) in [5, 5.41) is 0.805. The normalized spacial score (nSPS) is 31.4. The summed E-state index contributed by atoms with van der Waals surface area (Å²) in [6.45, 7) is 7.71. The van der Waals surface area contributed by atoms with Gasteiger partial charge in [-0.15, -0.1) is 0 Å². The van der Waals surface area contributed by atoms with Gasteiger partial charge >= 0.3 is 0 Å². The lowest BCUT2D eigenvalue weighted by Crippen LogP contribution is -2.59. The Morgan fingerprint density at radius 3 is 2.71 bits per heavy atom. The Morgan fingerprint density at radius 2 is 2.14 bits per heavy atom. The van der Waals surface area contributed by atoms with Crippen LogP contribution in [0.5, 0.6) is 0 Å². The second-order valence-electron chi connectivity index (χ2n) is 6.93. The molecule has 1 aliphatic rings. The summed E-state index contributed by atoms with van der Waals surface area (Å²) in [6, 6.07) is 8.52. The first-order chi connectivity index (χ1) is 9.90. The van der Waals surface area contributed by atoms with E-state index in [1.165, 1.54) is 24.8 Å².